The summed E-state index contributed by atoms with van der Waals surface area (Å²) >= 11 is 0. The van der Waals surface area contributed by atoms with Crippen LogP contribution in [0.5, 0.6) is 0 Å². The largest absolute Gasteiger partial charge is 0.498 e. The Kier molecular flexibility index (Phi) is 5.90. The summed E-state index contributed by atoms with van der Waals surface area (Å²) in [5, 5.41) is 0. The fraction of sp³-hybridized carbons (Fsp3) is 0.250. The van der Waals surface area contributed by atoms with Crippen molar-refractivity contribution >= 4 is 0 Å². The molecule has 0 unspecified atom stereocenters. The number of ether oxygens (including phenoxy) is 1. The fourth-order valence-corrected chi connectivity index (χ4v) is 3.11. The Bertz CT molecular complexity index is 774. The van der Waals surface area contributed by atoms with Crippen molar-refractivity contribution in [1.82, 2.24) is 0 Å². The number of hydrogen-bond acceptors (Lipinski definition) is 1. The Morgan fingerprint density at radius 1 is 0.760 bits per heavy atom. The zero-order chi connectivity index (χ0) is 17.5. The van der Waals surface area contributed by atoms with Crippen molar-refractivity contribution in [3.05, 3.63) is 95.3 Å². The highest BCUT2D eigenvalue weighted by Gasteiger charge is 2.07. The molecule has 1 heteroatoms. The molecule has 128 valence electrons. The van der Waals surface area contributed by atoms with Gasteiger partial charge in [0.15, 0.2) is 0 Å². The molecule has 0 saturated carbocycles. The molecule has 3 rings (SSSR count). The minimum atomic E-state index is 0.721. The molecule has 0 bridgehead atoms. The third-order valence-corrected chi connectivity index (χ3v) is 4.54. The highest BCUT2D eigenvalue weighted by molar-refractivity contribution is 5.64. The molecule has 0 saturated heterocycles. The molecule has 25 heavy (non-hydrogen) atoms. The van der Waals surface area contributed by atoms with Crippen LogP contribution in [-0.2, 0) is 17.6 Å². The smallest absolute Gasteiger partial charge is 0.1000 e. The summed E-state index contributed by atoms with van der Waals surface area (Å²) in [6.07, 6.45) is 11.4. The first-order valence-electron chi connectivity index (χ1n) is 9.14. The van der Waals surface area contributed by atoms with E-state index in [1.54, 1.807) is 0 Å². The molecular weight excluding hydrogens is 304 g/mol. The highest BCUT2D eigenvalue weighted by atomic mass is 16.5. The van der Waals surface area contributed by atoms with Gasteiger partial charge in [-0.3, -0.25) is 0 Å². The first-order valence-corrected chi connectivity index (χ1v) is 9.14. The molecule has 1 aliphatic carbocycles. The van der Waals surface area contributed by atoms with E-state index in [1.807, 2.05) is 6.92 Å². The van der Waals surface area contributed by atoms with E-state index in [9.17, 15) is 0 Å². The molecule has 2 aromatic carbocycles. The maximum absolute atomic E-state index is 5.70. The molecule has 1 nitrogen and oxygen atoms in total. The van der Waals surface area contributed by atoms with Gasteiger partial charge in [0.25, 0.3) is 0 Å². The van der Waals surface area contributed by atoms with Gasteiger partial charge in [-0.1, -0.05) is 79.3 Å². The molecule has 2 aromatic rings. The molecular formula is C24H26O. The normalized spacial score (nSPS) is 13.8. The van der Waals surface area contributed by atoms with E-state index in [0.29, 0.717) is 0 Å². The summed E-state index contributed by atoms with van der Waals surface area (Å²) in [4.78, 5) is 0. The number of allylic oxidation sites excluding steroid dienone is 5. The number of hydrogen-bond donors (Lipinski definition) is 0. The third-order valence-electron chi connectivity index (χ3n) is 4.54. The van der Waals surface area contributed by atoms with Crippen LogP contribution in [-0.4, -0.2) is 6.61 Å². The van der Waals surface area contributed by atoms with Crippen molar-refractivity contribution in [2.45, 2.75) is 33.1 Å². The van der Waals surface area contributed by atoms with Crippen molar-refractivity contribution in [3.63, 3.8) is 0 Å². The minimum absolute atomic E-state index is 0.721. The molecule has 0 atom stereocenters. The van der Waals surface area contributed by atoms with Gasteiger partial charge in [-0.25, -0.2) is 0 Å². The topological polar surface area (TPSA) is 9.23 Å². The van der Waals surface area contributed by atoms with Crippen LogP contribution >= 0.6 is 0 Å². The van der Waals surface area contributed by atoms with Crippen LogP contribution < -0.4 is 0 Å². The molecule has 1 aliphatic rings. The van der Waals surface area contributed by atoms with E-state index >= 15 is 0 Å². The van der Waals surface area contributed by atoms with Crippen molar-refractivity contribution in [2.24, 2.45) is 0 Å². The lowest BCUT2D eigenvalue weighted by Crippen LogP contribution is -1.97. The van der Waals surface area contributed by atoms with Gasteiger partial charge in [-0.2, -0.15) is 0 Å². The van der Waals surface area contributed by atoms with Crippen molar-refractivity contribution < 1.29 is 4.74 Å². The van der Waals surface area contributed by atoms with Crippen molar-refractivity contribution in [1.29, 1.82) is 0 Å². The third kappa shape index (κ3) is 4.73. The predicted octanol–water partition coefficient (Wildman–Crippen LogP) is 6.27. The monoisotopic (exact) mass is 330 g/mol. The van der Waals surface area contributed by atoms with E-state index in [2.05, 4.69) is 79.8 Å². The Balaban J connectivity index is 1.69. The Hall–Kier alpha value is -2.54. The molecule has 0 fully saturated rings. The maximum atomic E-state index is 5.70. The zero-order valence-electron chi connectivity index (χ0n) is 15.2. The second kappa shape index (κ2) is 8.53. The Morgan fingerprint density at radius 2 is 1.36 bits per heavy atom. The fourth-order valence-electron chi connectivity index (χ4n) is 3.11. The first kappa shape index (κ1) is 17.3. The highest BCUT2D eigenvalue weighted by Crippen LogP contribution is 2.24. The van der Waals surface area contributed by atoms with Crippen LogP contribution in [0, 0.1) is 0 Å². The first-order chi connectivity index (χ1) is 12.3. The van der Waals surface area contributed by atoms with Crippen LogP contribution in [0.4, 0.5) is 0 Å². The summed E-state index contributed by atoms with van der Waals surface area (Å²) in [5.41, 5.74) is 6.66. The average Bonchev–Trinajstić information content (AvgIpc) is 2.88. The van der Waals surface area contributed by atoms with Crippen molar-refractivity contribution in [3.8, 4) is 11.1 Å². The van der Waals surface area contributed by atoms with Gasteiger partial charge >= 0.3 is 0 Å². The van der Waals surface area contributed by atoms with Gasteiger partial charge in [0.05, 0.1) is 12.4 Å². The van der Waals surface area contributed by atoms with Crippen LogP contribution in [0.1, 0.15) is 31.4 Å². The summed E-state index contributed by atoms with van der Waals surface area (Å²) in [7, 11) is 0. The minimum Gasteiger partial charge on any atom is -0.498 e. The summed E-state index contributed by atoms with van der Waals surface area (Å²) < 4.78 is 5.70. The molecule has 0 spiro atoms. The summed E-state index contributed by atoms with van der Waals surface area (Å²) in [6, 6.07) is 17.8. The Morgan fingerprint density at radius 3 is 1.96 bits per heavy atom. The molecule has 0 N–H and O–H groups in total. The quantitative estimate of drug-likeness (QED) is 0.607. The zero-order valence-corrected chi connectivity index (χ0v) is 15.2. The van der Waals surface area contributed by atoms with Gasteiger partial charge in [-0.15, -0.1) is 0 Å². The summed E-state index contributed by atoms with van der Waals surface area (Å²) in [6.45, 7) is 4.94. The lowest BCUT2D eigenvalue weighted by atomic mass is 9.98. The molecule has 0 amide bonds. The van der Waals surface area contributed by atoms with E-state index in [-0.39, 0.29) is 0 Å². The van der Waals surface area contributed by atoms with Gasteiger partial charge < -0.3 is 4.74 Å². The van der Waals surface area contributed by atoms with E-state index in [4.69, 9.17) is 4.74 Å². The van der Waals surface area contributed by atoms with Crippen LogP contribution in [0.3, 0.4) is 0 Å². The van der Waals surface area contributed by atoms with Gasteiger partial charge in [0, 0.05) is 6.42 Å². The van der Waals surface area contributed by atoms with Gasteiger partial charge in [0.1, 0.15) is 0 Å². The summed E-state index contributed by atoms with van der Waals surface area (Å²) in [5.74, 6) is 1.05. The van der Waals surface area contributed by atoms with Crippen molar-refractivity contribution in [2.75, 3.05) is 6.61 Å². The molecule has 0 aromatic heterocycles. The van der Waals surface area contributed by atoms with E-state index in [1.165, 1.54) is 27.8 Å². The SMILES string of the molecule is CCOC1=CC=CC=C(Cc2ccc(-c3ccc(CC)cc3)cc2)C1. The number of rotatable bonds is 6. The predicted molar refractivity (Wildman–Crippen MR) is 107 cm³/mol. The lowest BCUT2D eigenvalue weighted by molar-refractivity contribution is 0.223. The molecule has 0 radical (unpaired) electrons. The standard InChI is InChI=1S/C24H26O/c1-3-19-9-13-22(14-10-19)23-15-11-20(12-16-23)17-21-7-5-6-8-24(18-21)25-4-2/h5-16H,3-4,17-18H2,1-2H3. The van der Waals surface area contributed by atoms with Crippen LogP contribution in [0.15, 0.2) is 84.2 Å². The number of aryl methyl sites for hydroxylation is 1. The number of benzene rings is 2. The molecule has 0 heterocycles. The second-order valence-corrected chi connectivity index (χ2v) is 6.38. The van der Waals surface area contributed by atoms with E-state index in [0.717, 1.165) is 31.6 Å². The Labute approximate surface area is 151 Å². The lowest BCUT2D eigenvalue weighted by Gasteiger charge is -2.11. The van der Waals surface area contributed by atoms with Crippen LogP contribution in [0.25, 0.3) is 11.1 Å². The second-order valence-electron chi connectivity index (χ2n) is 6.38. The average molecular weight is 330 g/mol. The molecule has 0 aliphatic heterocycles. The van der Waals surface area contributed by atoms with Gasteiger partial charge in [0.2, 0.25) is 0 Å². The van der Waals surface area contributed by atoms with Crippen LogP contribution in [0.2, 0.25) is 0 Å². The maximum Gasteiger partial charge on any atom is 0.1000 e. The van der Waals surface area contributed by atoms with E-state index < -0.39 is 0 Å². The van der Waals surface area contributed by atoms with Gasteiger partial charge in [-0.05, 0) is 48.1 Å².